The van der Waals surface area contributed by atoms with E-state index in [1.165, 1.54) is 17.7 Å². The van der Waals surface area contributed by atoms with Gasteiger partial charge >= 0.3 is 0 Å². The third-order valence-electron chi connectivity index (χ3n) is 5.18. The van der Waals surface area contributed by atoms with Gasteiger partial charge in [-0.3, -0.25) is 4.79 Å². The van der Waals surface area contributed by atoms with Crippen molar-refractivity contribution in [3.05, 3.63) is 83.4 Å². The van der Waals surface area contributed by atoms with E-state index >= 15 is 0 Å². The summed E-state index contributed by atoms with van der Waals surface area (Å²) in [6.07, 6.45) is 3.58. The molecule has 0 aliphatic carbocycles. The van der Waals surface area contributed by atoms with Crippen LogP contribution in [0.25, 0.3) is 0 Å². The van der Waals surface area contributed by atoms with Crippen LogP contribution in [0.3, 0.4) is 0 Å². The first-order valence-corrected chi connectivity index (χ1v) is 9.80. The minimum Gasteiger partial charge on any atom is -0.338 e. The first-order valence-electron chi connectivity index (χ1n) is 9.80. The fourth-order valence-electron chi connectivity index (χ4n) is 3.63. The zero-order valence-corrected chi connectivity index (χ0v) is 16.3. The van der Waals surface area contributed by atoms with Crippen LogP contribution in [-0.2, 0) is 0 Å². The SMILES string of the molecule is Cc1ccc(Nc2nccc(C3CCCN(C(=O)c4cccc(F)c4)C3)n2)cc1. The van der Waals surface area contributed by atoms with Crippen molar-refractivity contribution in [1.82, 2.24) is 14.9 Å². The van der Waals surface area contributed by atoms with Crippen molar-refractivity contribution in [3.8, 4) is 0 Å². The topological polar surface area (TPSA) is 58.1 Å². The molecule has 0 bridgehead atoms. The average molecular weight is 390 g/mol. The number of hydrogen-bond acceptors (Lipinski definition) is 4. The molecule has 1 amide bonds. The lowest BCUT2D eigenvalue weighted by atomic mass is 9.94. The Labute approximate surface area is 169 Å². The summed E-state index contributed by atoms with van der Waals surface area (Å²) in [6.45, 7) is 3.28. The van der Waals surface area contributed by atoms with Crippen molar-refractivity contribution < 1.29 is 9.18 Å². The molecule has 1 N–H and O–H groups in total. The number of halogens is 1. The Morgan fingerprint density at radius 2 is 2.00 bits per heavy atom. The van der Waals surface area contributed by atoms with E-state index in [9.17, 15) is 9.18 Å². The number of benzene rings is 2. The number of aryl methyl sites for hydroxylation is 1. The highest BCUT2D eigenvalue weighted by molar-refractivity contribution is 5.94. The van der Waals surface area contributed by atoms with Crippen molar-refractivity contribution in [1.29, 1.82) is 0 Å². The number of piperidine rings is 1. The molecule has 1 fully saturated rings. The minimum absolute atomic E-state index is 0.128. The number of nitrogens with zero attached hydrogens (tertiary/aromatic N) is 3. The molecule has 2 aromatic carbocycles. The lowest BCUT2D eigenvalue weighted by molar-refractivity contribution is 0.0705. The highest BCUT2D eigenvalue weighted by atomic mass is 19.1. The molecule has 0 saturated carbocycles. The van der Waals surface area contributed by atoms with Crippen LogP contribution in [0, 0.1) is 12.7 Å². The molecule has 4 rings (SSSR count). The van der Waals surface area contributed by atoms with Gasteiger partial charge in [0, 0.05) is 36.5 Å². The normalized spacial score (nSPS) is 16.5. The maximum Gasteiger partial charge on any atom is 0.253 e. The summed E-state index contributed by atoms with van der Waals surface area (Å²) in [4.78, 5) is 23.6. The summed E-state index contributed by atoms with van der Waals surface area (Å²) in [7, 11) is 0. The van der Waals surface area contributed by atoms with Crippen LogP contribution in [0.15, 0.2) is 60.8 Å². The monoisotopic (exact) mass is 390 g/mol. The van der Waals surface area contributed by atoms with E-state index in [0.717, 1.165) is 24.2 Å². The predicted octanol–water partition coefficient (Wildman–Crippen LogP) is 4.69. The van der Waals surface area contributed by atoms with Gasteiger partial charge in [0.25, 0.3) is 5.91 Å². The molecule has 1 aromatic heterocycles. The van der Waals surface area contributed by atoms with E-state index in [0.29, 0.717) is 24.6 Å². The number of carbonyl (C=O) groups is 1. The van der Waals surface area contributed by atoms with Gasteiger partial charge < -0.3 is 10.2 Å². The molecule has 5 nitrogen and oxygen atoms in total. The number of hydrogen-bond donors (Lipinski definition) is 1. The molecule has 148 valence electrons. The van der Waals surface area contributed by atoms with Crippen LogP contribution in [-0.4, -0.2) is 33.9 Å². The smallest absolute Gasteiger partial charge is 0.253 e. The van der Waals surface area contributed by atoms with Crippen LogP contribution in [0.4, 0.5) is 16.0 Å². The molecule has 0 spiro atoms. The maximum atomic E-state index is 13.5. The molecule has 1 aliphatic rings. The number of nitrogens with one attached hydrogen (secondary N) is 1. The summed E-state index contributed by atoms with van der Waals surface area (Å²) < 4.78 is 13.5. The van der Waals surface area contributed by atoms with Crippen molar-refractivity contribution in [2.24, 2.45) is 0 Å². The fourth-order valence-corrected chi connectivity index (χ4v) is 3.63. The third kappa shape index (κ3) is 4.59. The van der Waals surface area contributed by atoms with E-state index in [2.05, 4.69) is 15.3 Å². The Hall–Kier alpha value is -3.28. The molecule has 29 heavy (non-hydrogen) atoms. The van der Waals surface area contributed by atoms with Gasteiger partial charge in [-0.15, -0.1) is 0 Å². The van der Waals surface area contributed by atoms with Crippen molar-refractivity contribution >= 4 is 17.5 Å². The van der Waals surface area contributed by atoms with Crippen LogP contribution >= 0.6 is 0 Å². The molecular formula is C23H23FN4O. The lowest BCUT2D eigenvalue weighted by Gasteiger charge is -2.32. The van der Waals surface area contributed by atoms with Crippen molar-refractivity contribution in [2.75, 3.05) is 18.4 Å². The van der Waals surface area contributed by atoms with Gasteiger partial charge in [0.1, 0.15) is 5.82 Å². The van der Waals surface area contributed by atoms with Gasteiger partial charge in [-0.05, 0) is 56.2 Å². The molecule has 1 unspecified atom stereocenters. The Balaban J connectivity index is 1.48. The van der Waals surface area contributed by atoms with Gasteiger partial charge in [0.05, 0.1) is 5.69 Å². The summed E-state index contributed by atoms with van der Waals surface area (Å²) in [6, 6.07) is 15.8. The van der Waals surface area contributed by atoms with Gasteiger partial charge in [-0.1, -0.05) is 23.8 Å². The standard InChI is InChI=1S/C23H23FN4O/c1-16-7-9-20(10-8-16)26-23-25-12-11-21(27-23)18-5-3-13-28(15-18)22(29)17-4-2-6-19(24)14-17/h2,4,6-12,14,18H,3,5,13,15H2,1H3,(H,25,26,27). The summed E-state index contributed by atoms with van der Waals surface area (Å²) >= 11 is 0. The first kappa shape index (κ1) is 19.1. The Kier molecular flexibility index (Phi) is 5.51. The zero-order chi connectivity index (χ0) is 20.2. The van der Waals surface area contributed by atoms with Crippen LogP contribution in [0.2, 0.25) is 0 Å². The second-order valence-electron chi connectivity index (χ2n) is 7.40. The quantitative estimate of drug-likeness (QED) is 0.702. The van der Waals surface area contributed by atoms with Gasteiger partial charge in [-0.2, -0.15) is 0 Å². The number of anilines is 2. The largest absolute Gasteiger partial charge is 0.338 e. The van der Waals surface area contributed by atoms with E-state index in [1.54, 1.807) is 23.2 Å². The predicted molar refractivity (Wildman–Crippen MR) is 111 cm³/mol. The number of carbonyl (C=O) groups excluding carboxylic acids is 1. The minimum atomic E-state index is -0.396. The summed E-state index contributed by atoms with van der Waals surface area (Å²) in [5.74, 6) is 0.135. The van der Waals surface area contributed by atoms with E-state index in [1.807, 2.05) is 37.3 Å². The van der Waals surface area contributed by atoms with E-state index < -0.39 is 5.82 Å². The summed E-state index contributed by atoms with van der Waals surface area (Å²) in [5, 5.41) is 3.23. The number of aromatic nitrogens is 2. The zero-order valence-electron chi connectivity index (χ0n) is 16.3. The van der Waals surface area contributed by atoms with Gasteiger partial charge in [0.2, 0.25) is 5.95 Å². The second kappa shape index (κ2) is 8.39. The van der Waals surface area contributed by atoms with Crippen LogP contribution in [0.5, 0.6) is 0 Å². The summed E-state index contributed by atoms with van der Waals surface area (Å²) in [5.41, 5.74) is 3.41. The highest BCUT2D eigenvalue weighted by Gasteiger charge is 2.26. The van der Waals surface area contributed by atoms with Gasteiger partial charge in [-0.25, -0.2) is 14.4 Å². The molecule has 0 radical (unpaired) electrons. The van der Waals surface area contributed by atoms with Crippen molar-refractivity contribution in [2.45, 2.75) is 25.7 Å². The lowest BCUT2D eigenvalue weighted by Crippen LogP contribution is -2.39. The van der Waals surface area contributed by atoms with E-state index in [4.69, 9.17) is 0 Å². The number of likely N-dealkylation sites (tertiary alicyclic amines) is 1. The molecule has 1 aliphatic heterocycles. The average Bonchev–Trinajstić information content (AvgIpc) is 2.75. The highest BCUT2D eigenvalue weighted by Crippen LogP contribution is 2.27. The Morgan fingerprint density at radius 3 is 2.79 bits per heavy atom. The molecule has 2 heterocycles. The van der Waals surface area contributed by atoms with Crippen LogP contribution in [0.1, 0.15) is 40.4 Å². The number of rotatable bonds is 4. The van der Waals surface area contributed by atoms with Gasteiger partial charge in [0.15, 0.2) is 0 Å². The molecule has 3 aromatic rings. The molecule has 1 atom stereocenters. The fraction of sp³-hybridized carbons (Fsp3) is 0.261. The van der Waals surface area contributed by atoms with Crippen LogP contribution < -0.4 is 5.32 Å². The second-order valence-corrected chi connectivity index (χ2v) is 7.40. The maximum absolute atomic E-state index is 13.5. The molecular weight excluding hydrogens is 367 g/mol. The van der Waals surface area contributed by atoms with Crippen molar-refractivity contribution in [3.63, 3.8) is 0 Å². The molecule has 6 heteroatoms. The molecule has 1 saturated heterocycles. The number of amides is 1. The Bertz CT molecular complexity index is 1010. The van der Waals surface area contributed by atoms with E-state index in [-0.39, 0.29) is 11.8 Å². The Morgan fingerprint density at radius 1 is 1.17 bits per heavy atom. The first-order chi connectivity index (χ1) is 14.1. The third-order valence-corrected chi connectivity index (χ3v) is 5.18.